The molecular weight excluding hydrogens is 164 g/mol. The molecule has 0 saturated carbocycles. The van der Waals surface area contributed by atoms with E-state index in [0.717, 1.165) is 31.6 Å². The van der Waals surface area contributed by atoms with Gasteiger partial charge in [0.2, 0.25) is 5.91 Å². The average molecular weight is 182 g/mol. The molecule has 1 saturated heterocycles. The molecule has 1 aliphatic rings. The molecule has 0 aromatic carbocycles. The van der Waals surface area contributed by atoms with Crippen LogP contribution in [0.2, 0.25) is 0 Å². The lowest BCUT2D eigenvalue weighted by molar-refractivity contribution is -0.124. The van der Waals surface area contributed by atoms with Gasteiger partial charge in [-0.1, -0.05) is 12.2 Å². The largest absolute Gasteiger partial charge is 0.355 e. The zero-order valence-electron chi connectivity index (χ0n) is 8.47. The Balaban J connectivity index is 2.59. The van der Waals surface area contributed by atoms with Crippen LogP contribution in [0, 0.1) is 0 Å². The van der Waals surface area contributed by atoms with E-state index >= 15 is 0 Å². The first kappa shape index (κ1) is 10.3. The monoisotopic (exact) mass is 182 g/mol. The lowest BCUT2D eigenvalue weighted by atomic mass is 10.2. The van der Waals surface area contributed by atoms with E-state index in [0.29, 0.717) is 0 Å². The summed E-state index contributed by atoms with van der Waals surface area (Å²) in [5, 5.41) is 2.89. The molecule has 0 aromatic rings. The normalized spacial score (nSPS) is 25.1. The summed E-state index contributed by atoms with van der Waals surface area (Å²) in [6, 6.07) is -0.0146. The third kappa shape index (κ3) is 2.84. The fraction of sp³-hybridized carbons (Fsp3) is 0.700. The predicted molar refractivity (Wildman–Crippen MR) is 53.5 cm³/mol. The first-order valence-electron chi connectivity index (χ1n) is 4.77. The van der Waals surface area contributed by atoms with Gasteiger partial charge in [-0.15, -0.1) is 0 Å². The van der Waals surface area contributed by atoms with Crippen molar-refractivity contribution in [1.29, 1.82) is 0 Å². The Morgan fingerprint density at radius 3 is 3.08 bits per heavy atom. The molecule has 13 heavy (non-hydrogen) atoms. The predicted octanol–water partition coefficient (Wildman–Crippen LogP) is 0.773. The van der Waals surface area contributed by atoms with E-state index in [4.69, 9.17) is 0 Å². The first-order chi connectivity index (χ1) is 6.11. The van der Waals surface area contributed by atoms with Crippen molar-refractivity contribution in [3.05, 3.63) is 12.2 Å². The summed E-state index contributed by atoms with van der Waals surface area (Å²) in [6.07, 6.45) is 1.03. The second-order valence-electron chi connectivity index (χ2n) is 3.75. The fourth-order valence-corrected chi connectivity index (χ4v) is 1.56. The van der Waals surface area contributed by atoms with Gasteiger partial charge in [-0.2, -0.15) is 0 Å². The van der Waals surface area contributed by atoms with Crippen LogP contribution in [-0.4, -0.2) is 36.5 Å². The van der Waals surface area contributed by atoms with Crippen molar-refractivity contribution >= 4 is 5.91 Å². The highest BCUT2D eigenvalue weighted by Crippen LogP contribution is 2.06. The van der Waals surface area contributed by atoms with E-state index in [-0.39, 0.29) is 11.9 Å². The van der Waals surface area contributed by atoms with Gasteiger partial charge in [0.15, 0.2) is 0 Å². The van der Waals surface area contributed by atoms with Crippen LogP contribution in [0.3, 0.4) is 0 Å². The number of nitrogens with one attached hydrogen (secondary N) is 1. The zero-order chi connectivity index (χ0) is 9.84. The molecule has 1 amide bonds. The number of nitrogens with zero attached hydrogens (tertiary/aromatic N) is 1. The summed E-state index contributed by atoms with van der Waals surface area (Å²) in [7, 11) is 0. The van der Waals surface area contributed by atoms with Gasteiger partial charge >= 0.3 is 0 Å². The van der Waals surface area contributed by atoms with Crippen LogP contribution in [0.5, 0.6) is 0 Å². The fourth-order valence-electron chi connectivity index (χ4n) is 1.56. The van der Waals surface area contributed by atoms with Crippen molar-refractivity contribution in [3.8, 4) is 0 Å². The van der Waals surface area contributed by atoms with Crippen LogP contribution in [0.4, 0.5) is 0 Å². The molecule has 0 radical (unpaired) electrons. The molecule has 1 rings (SSSR count). The number of hydrogen-bond donors (Lipinski definition) is 1. The quantitative estimate of drug-likeness (QED) is 0.640. The molecule has 3 nitrogen and oxygen atoms in total. The van der Waals surface area contributed by atoms with E-state index < -0.39 is 0 Å². The summed E-state index contributed by atoms with van der Waals surface area (Å²) in [4.78, 5) is 13.6. The van der Waals surface area contributed by atoms with Crippen LogP contribution < -0.4 is 5.32 Å². The van der Waals surface area contributed by atoms with E-state index in [1.807, 2.05) is 13.8 Å². The van der Waals surface area contributed by atoms with Crippen molar-refractivity contribution in [2.45, 2.75) is 26.3 Å². The van der Waals surface area contributed by atoms with E-state index in [2.05, 4.69) is 16.8 Å². The van der Waals surface area contributed by atoms with Gasteiger partial charge in [0.05, 0.1) is 6.04 Å². The molecule has 0 aromatic heterocycles. The molecule has 0 spiro atoms. The summed E-state index contributed by atoms with van der Waals surface area (Å²) < 4.78 is 0. The maximum absolute atomic E-state index is 11.4. The van der Waals surface area contributed by atoms with Gasteiger partial charge in [-0.3, -0.25) is 9.69 Å². The van der Waals surface area contributed by atoms with Gasteiger partial charge < -0.3 is 5.32 Å². The molecular formula is C10H18N2O. The van der Waals surface area contributed by atoms with Crippen LogP contribution in [0.15, 0.2) is 12.2 Å². The summed E-state index contributed by atoms with van der Waals surface area (Å²) in [6.45, 7) is 10.4. The molecule has 1 heterocycles. The molecule has 1 fully saturated rings. The lowest BCUT2D eigenvalue weighted by Gasteiger charge is -2.24. The minimum absolute atomic E-state index is 0.0146. The second-order valence-corrected chi connectivity index (χ2v) is 3.75. The molecule has 0 aliphatic carbocycles. The number of carbonyl (C=O) groups excluding carboxylic acids is 1. The molecule has 3 heteroatoms. The minimum atomic E-state index is -0.0146. The molecule has 1 aliphatic heterocycles. The van der Waals surface area contributed by atoms with Crippen molar-refractivity contribution in [3.63, 3.8) is 0 Å². The van der Waals surface area contributed by atoms with E-state index in [1.165, 1.54) is 0 Å². The second kappa shape index (κ2) is 4.42. The third-order valence-electron chi connectivity index (χ3n) is 2.32. The number of hydrogen-bond acceptors (Lipinski definition) is 2. The standard InChI is InChI=1S/C10H18N2O/c1-8(2)7-12-6-4-5-11-10(13)9(12)3/h9H,1,4-7H2,2-3H3,(H,11,13). The van der Waals surface area contributed by atoms with Crippen molar-refractivity contribution in [2.75, 3.05) is 19.6 Å². The highest BCUT2D eigenvalue weighted by molar-refractivity contribution is 5.81. The van der Waals surface area contributed by atoms with Crippen molar-refractivity contribution < 1.29 is 4.79 Å². The van der Waals surface area contributed by atoms with Crippen LogP contribution in [-0.2, 0) is 4.79 Å². The maximum Gasteiger partial charge on any atom is 0.237 e. The highest BCUT2D eigenvalue weighted by atomic mass is 16.2. The summed E-state index contributed by atoms with van der Waals surface area (Å²) >= 11 is 0. The average Bonchev–Trinajstić information content (AvgIpc) is 2.19. The SMILES string of the molecule is C=C(C)CN1CCCNC(=O)C1C. The third-order valence-corrected chi connectivity index (χ3v) is 2.32. The van der Waals surface area contributed by atoms with Crippen LogP contribution in [0.1, 0.15) is 20.3 Å². The highest BCUT2D eigenvalue weighted by Gasteiger charge is 2.22. The Hall–Kier alpha value is -0.830. The maximum atomic E-state index is 11.4. The van der Waals surface area contributed by atoms with Gasteiger partial charge in [-0.25, -0.2) is 0 Å². The van der Waals surface area contributed by atoms with Gasteiger partial charge in [0.25, 0.3) is 0 Å². The number of rotatable bonds is 2. The summed E-state index contributed by atoms with van der Waals surface area (Å²) in [5.74, 6) is 0.138. The molecule has 1 N–H and O–H groups in total. The molecule has 1 unspecified atom stereocenters. The van der Waals surface area contributed by atoms with E-state index in [1.54, 1.807) is 0 Å². The molecule has 0 bridgehead atoms. The van der Waals surface area contributed by atoms with Gasteiger partial charge in [-0.05, 0) is 20.3 Å². The number of amides is 1. The van der Waals surface area contributed by atoms with Crippen LogP contribution >= 0.6 is 0 Å². The Kier molecular flexibility index (Phi) is 3.48. The minimum Gasteiger partial charge on any atom is -0.355 e. The molecule has 1 atom stereocenters. The molecule has 74 valence electrons. The Morgan fingerprint density at radius 2 is 2.46 bits per heavy atom. The Morgan fingerprint density at radius 1 is 1.77 bits per heavy atom. The number of carbonyl (C=O) groups is 1. The smallest absolute Gasteiger partial charge is 0.237 e. The zero-order valence-corrected chi connectivity index (χ0v) is 8.47. The Bertz CT molecular complexity index is 213. The van der Waals surface area contributed by atoms with Gasteiger partial charge in [0, 0.05) is 19.6 Å². The first-order valence-corrected chi connectivity index (χ1v) is 4.77. The van der Waals surface area contributed by atoms with Crippen molar-refractivity contribution in [2.24, 2.45) is 0 Å². The van der Waals surface area contributed by atoms with Gasteiger partial charge in [0.1, 0.15) is 0 Å². The van der Waals surface area contributed by atoms with Crippen LogP contribution in [0.25, 0.3) is 0 Å². The topological polar surface area (TPSA) is 32.3 Å². The van der Waals surface area contributed by atoms with Crippen molar-refractivity contribution in [1.82, 2.24) is 10.2 Å². The lowest BCUT2D eigenvalue weighted by Crippen LogP contribution is -2.42. The Labute approximate surface area is 79.8 Å². The van der Waals surface area contributed by atoms with E-state index in [9.17, 15) is 4.79 Å². The summed E-state index contributed by atoms with van der Waals surface area (Å²) in [5.41, 5.74) is 1.11.